The monoisotopic (exact) mass is 246 g/mol. The summed E-state index contributed by atoms with van der Waals surface area (Å²) >= 11 is 0. The van der Waals surface area contributed by atoms with Gasteiger partial charge < -0.3 is 4.74 Å². The lowest BCUT2D eigenvalue weighted by atomic mass is 10.0. The van der Waals surface area contributed by atoms with Gasteiger partial charge in [-0.3, -0.25) is 0 Å². The summed E-state index contributed by atoms with van der Waals surface area (Å²) in [6, 6.07) is 0. The number of esters is 1. The van der Waals surface area contributed by atoms with Gasteiger partial charge in [0.2, 0.25) is 0 Å². The Kier molecular flexibility index (Phi) is 4.15. The van der Waals surface area contributed by atoms with E-state index in [1.54, 1.807) is 6.92 Å². The predicted molar refractivity (Wildman–Crippen MR) is 57.2 cm³/mol. The minimum absolute atomic E-state index is 0.194. The number of rotatable bonds is 2. The highest BCUT2D eigenvalue weighted by Crippen LogP contribution is 2.31. The van der Waals surface area contributed by atoms with Crippen LogP contribution >= 0.6 is 0 Å². The van der Waals surface area contributed by atoms with Gasteiger partial charge in [0, 0.05) is 12.0 Å². The predicted octanol–water partition coefficient (Wildman–Crippen LogP) is 3.31. The summed E-state index contributed by atoms with van der Waals surface area (Å²) in [5, 5.41) is 0. The second-order valence-corrected chi connectivity index (χ2v) is 3.64. The fourth-order valence-corrected chi connectivity index (χ4v) is 1.49. The molecule has 0 spiro atoms. The molecule has 0 saturated heterocycles. The average molecular weight is 246 g/mol. The summed E-state index contributed by atoms with van der Waals surface area (Å²) in [5.41, 5.74) is 0.0517. The molecule has 0 atom stereocenters. The van der Waals surface area contributed by atoms with Crippen molar-refractivity contribution in [3.8, 4) is 0 Å². The van der Waals surface area contributed by atoms with Gasteiger partial charge in [-0.2, -0.15) is 13.2 Å². The van der Waals surface area contributed by atoms with E-state index < -0.39 is 17.7 Å². The van der Waals surface area contributed by atoms with Crippen LogP contribution in [0.4, 0.5) is 13.2 Å². The molecule has 0 aromatic rings. The molecule has 0 aliphatic heterocycles. The molecule has 1 aliphatic rings. The lowest BCUT2D eigenvalue weighted by Crippen LogP contribution is -2.09. The number of allylic oxidation sites excluding steroid dienone is 5. The van der Waals surface area contributed by atoms with Crippen LogP contribution in [-0.2, 0) is 9.53 Å². The third-order valence-electron chi connectivity index (χ3n) is 2.47. The number of halogens is 3. The summed E-state index contributed by atoms with van der Waals surface area (Å²) in [7, 11) is 1.21. The first-order chi connectivity index (χ1) is 7.88. The van der Waals surface area contributed by atoms with Crippen molar-refractivity contribution in [1.82, 2.24) is 0 Å². The van der Waals surface area contributed by atoms with Crippen molar-refractivity contribution in [2.45, 2.75) is 25.9 Å². The fraction of sp³-hybridized carbons (Fsp3) is 0.417. The van der Waals surface area contributed by atoms with E-state index in [1.165, 1.54) is 13.2 Å². The third kappa shape index (κ3) is 3.47. The van der Waals surface area contributed by atoms with E-state index in [-0.39, 0.29) is 12.0 Å². The molecule has 0 fully saturated rings. The van der Waals surface area contributed by atoms with Gasteiger partial charge in [0.15, 0.2) is 0 Å². The summed E-state index contributed by atoms with van der Waals surface area (Å²) < 4.78 is 42.3. The first-order valence-electron chi connectivity index (χ1n) is 5.14. The Morgan fingerprint density at radius 3 is 2.53 bits per heavy atom. The molecule has 5 heteroatoms. The minimum atomic E-state index is -4.40. The summed E-state index contributed by atoms with van der Waals surface area (Å²) in [5.74, 6) is -0.593. The Hall–Kier alpha value is -1.52. The van der Waals surface area contributed by atoms with E-state index >= 15 is 0 Å². The number of carbonyl (C=O) groups is 1. The van der Waals surface area contributed by atoms with E-state index in [2.05, 4.69) is 4.74 Å². The van der Waals surface area contributed by atoms with Crippen LogP contribution in [0.3, 0.4) is 0 Å². The van der Waals surface area contributed by atoms with E-state index in [9.17, 15) is 18.0 Å². The molecule has 0 heterocycles. The quantitative estimate of drug-likeness (QED) is 0.699. The molecule has 0 N–H and O–H groups in total. The van der Waals surface area contributed by atoms with Gasteiger partial charge in [-0.25, -0.2) is 4.79 Å². The van der Waals surface area contributed by atoms with Crippen molar-refractivity contribution < 1.29 is 22.7 Å². The van der Waals surface area contributed by atoms with Crippen LogP contribution in [0, 0.1) is 0 Å². The number of ether oxygens (including phenoxy) is 1. The fourth-order valence-electron chi connectivity index (χ4n) is 1.49. The normalized spacial score (nSPS) is 16.6. The lowest BCUT2D eigenvalue weighted by Gasteiger charge is -2.08. The zero-order valence-corrected chi connectivity index (χ0v) is 9.60. The maximum Gasteiger partial charge on any atom is 0.416 e. The highest BCUT2D eigenvalue weighted by Gasteiger charge is 2.32. The van der Waals surface area contributed by atoms with Gasteiger partial charge in [-0.15, -0.1) is 0 Å². The Morgan fingerprint density at radius 2 is 2.06 bits per heavy atom. The molecule has 0 aromatic carbocycles. The van der Waals surface area contributed by atoms with Crippen LogP contribution in [0.5, 0.6) is 0 Å². The van der Waals surface area contributed by atoms with Gasteiger partial charge in [-0.1, -0.05) is 24.6 Å². The Balaban J connectivity index is 3.13. The largest absolute Gasteiger partial charge is 0.466 e. The van der Waals surface area contributed by atoms with E-state index in [4.69, 9.17) is 0 Å². The van der Waals surface area contributed by atoms with Gasteiger partial charge in [-0.05, 0) is 12.5 Å². The van der Waals surface area contributed by atoms with Gasteiger partial charge >= 0.3 is 12.1 Å². The first kappa shape index (κ1) is 13.5. The van der Waals surface area contributed by atoms with Gasteiger partial charge in [0.1, 0.15) is 0 Å². The zero-order chi connectivity index (χ0) is 13.1. The molecule has 0 saturated carbocycles. The Morgan fingerprint density at radius 1 is 1.41 bits per heavy atom. The molecule has 0 radical (unpaired) electrons. The molecule has 1 rings (SSSR count). The minimum Gasteiger partial charge on any atom is -0.466 e. The van der Waals surface area contributed by atoms with Crippen molar-refractivity contribution in [3.05, 3.63) is 34.9 Å². The first-order valence-corrected chi connectivity index (χ1v) is 5.14. The molecule has 1 aliphatic carbocycles. The molecule has 2 nitrogen and oxygen atoms in total. The molecule has 0 aromatic heterocycles. The molecular formula is C12H13F3O2. The molecule has 0 unspecified atom stereocenters. The molecule has 0 bridgehead atoms. The van der Waals surface area contributed by atoms with Crippen LogP contribution < -0.4 is 0 Å². The topological polar surface area (TPSA) is 26.3 Å². The average Bonchev–Trinajstić information content (AvgIpc) is 2.49. The van der Waals surface area contributed by atoms with E-state index in [1.807, 2.05) is 0 Å². The second kappa shape index (κ2) is 5.21. The third-order valence-corrected chi connectivity index (χ3v) is 2.47. The SMILES string of the molecule is CCC1=CC(C(F)(F)F)=CC=C(C(=O)OC)C1. The van der Waals surface area contributed by atoms with E-state index in [0.717, 1.165) is 12.2 Å². The van der Waals surface area contributed by atoms with Crippen LogP contribution in [0.2, 0.25) is 0 Å². The maximum absolute atomic E-state index is 12.6. The zero-order valence-electron chi connectivity index (χ0n) is 9.60. The highest BCUT2D eigenvalue weighted by atomic mass is 19.4. The van der Waals surface area contributed by atoms with Crippen molar-refractivity contribution >= 4 is 5.97 Å². The van der Waals surface area contributed by atoms with E-state index in [0.29, 0.717) is 12.0 Å². The molecule has 94 valence electrons. The van der Waals surface area contributed by atoms with Crippen molar-refractivity contribution in [1.29, 1.82) is 0 Å². The van der Waals surface area contributed by atoms with Crippen molar-refractivity contribution in [3.63, 3.8) is 0 Å². The van der Waals surface area contributed by atoms with Crippen molar-refractivity contribution in [2.75, 3.05) is 7.11 Å². The van der Waals surface area contributed by atoms with Gasteiger partial charge in [0.25, 0.3) is 0 Å². The van der Waals surface area contributed by atoms with Gasteiger partial charge in [0.05, 0.1) is 12.7 Å². The number of carbonyl (C=O) groups excluding carboxylic acids is 1. The van der Waals surface area contributed by atoms with Crippen LogP contribution in [-0.4, -0.2) is 19.3 Å². The molecule has 17 heavy (non-hydrogen) atoms. The Labute approximate surface area is 97.5 Å². The number of hydrogen-bond donors (Lipinski definition) is 0. The standard InChI is InChI=1S/C12H13F3O2/c1-3-8-6-9(11(16)17-2)4-5-10(7-8)12(13,14)15/h4-5,7H,3,6H2,1-2H3. The number of methoxy groups -OCH3 is 1. The smallest absolute Gasteiger partial charge is 0.416 e. The second-order valence-electron chi connectivity index (χ2n) is 3.64. The summed E-state index contributed by atoms with van der Waals surface area (Å²) in [4.78, 5) is 11.3. The number of alkyl halides is 3. The van der Waals surface area contributed by atoms with Crippen LogP contribution in [0.25, 0.3) is 0 Å². The number of hydrogen-bond acceptors (Lipinski definition) is 2. The summed E-state index contributed by atoms with van der Waals surface area (Å²) in [6.07, 6.45) is -0.571. The van der Waals surface area contributed by atoms with Crippen LogP contribution in [0.1, 0.15) is 19.8 Å². The summed E-state index contributed by atoms with van der Waals surface area (Å²) in [6.45, 7) is 1.75. The highest BCUT2D eigenvalue weighted by molar-refractivity contribution is 5.89. The Bertz CT molecular complexity index is 400. The molecule has 0 amide bonds. The lowest BCUT2D eigenvalue weighted by molar-refractivity contribution is -0.136. The maximum atomic E-state index is 12.6. The van der Waals surface area contributed by atoms with Crippen LogP contribution in [0.15, 0.2) is 34.9 Å². The van der Waals surface area contributed by atoms with Crippen molar-refractivity contribution in [2.24, 2.45) is 0 Å². The molecular weight excluding hydrogens is 233 g/mol.